The summed E-state index contributed by atoms with van der Waals surface area (Å²) in [7, 11) is 2.09. The Morgan fingerprint density at radius 3 is 2.08 bits per heavy atom. The highest BCUT2D eigenvalue weighted by Crippen LogP contribution is 2.58. The molecule has 4 atom stereocenters. The average molecular weight is 876 g/mol. The Balaban J connectivity index is 1.20. The van der Waals surface area contributed by atoms with Gasteiger partial charge in [0.15, 0.2) is 7.50 Å². The zero-order valence-electron chi connectivity index (χ0n) is 33.1. The number of aromatic nitrogens is 2. The molecule has 59 heavy (non-hydrogen) atoms. The molecule has 1 N–H and O–H groups in total. The van der Waals surface area contributed by atoms with Gasteiger partial charge in [-0.2, -0.15) is 0 Å². The summed E-state index contributed by atoms with van der Waals surface area (Å²) in [5, 5.41) is 0.584. The van der Waals surface area contributed by atoms with Crippen molar-refractivity contribution in [2.45, 2.75) is 50.2 Å². The quantitative estimate of drug-likeness (QED) is 0.0548. The van der Waals surface area contributed by atoms with Crippen molar-refractivity contribution < 1.29 is 28.3 Å². The van der Waals surface area contributed by atoms with Crippen LogP contribution in [-0.4, -0.2) is 77.0 Å². The molecule has 310 valence electrons. The molecule has 0 amide bonds. The van der Waals surface area contributed by atoms with E-state index in [9.17, 15) is 14.4 Å². The van der Waals surface area contributed by atoms with Gasteiger partial charge in [0.2, 0.25) is 5.12 Å². The molecular weight excluding hydrogens is 829 g/mol. The third kappa shape index (κ3) is 10.2. The van der Waals surface area contributed by atoms with Crippen LogP contribution in [0.25, 0.3) is 0 Å². The van der Waals surface area contributed by atoms with Crippen molar-refractivity contribution in [3.63, 3.8) is 0 Å². The monoisotopic (exact) mass is 875 g/mol. The number of carbonyl (C=O) groups is 1. The highest BCUT2D eigenvalue weighted by Gasteiger charge is 2.44. The Labute approximate surface area is 358 Å². The minimum absolute atomic E-state index is 0.00445. The molecule has 2 aliphatic heterocycles. The number of nitrogens with zero attached hydrogens (tertiary/aromatic N) is 2. The summed E-state index contributed by atoms with van der Waals surface area (Å²) in [6.45, 7) is 3.55. The molecule has 3 heterocycles. The zero-order valence-corrected chi connectivity index (χ0v) is 36.4. The predicted molar refractivity (Wildman–Crippen MR) is 236 cm³/mol. The van der Waals surface area contributed by atoms with Gasteiger partial charge in [0.1, 0.15) is 29.4 Å². The lowest BCUT2D eigenvalue weighted by molar-refractivity contribution is -0.0910. The maximum absolute atomic E-state index is 13.2. The first-order valence-electron chi connectivity index (χ1n) is 19.4. The smallest absolute Gasteiger partial charge is 0.330 e. The van der Waals surface area contributed by atoms with Gasteiger partial charge in [0, 0.05) is 53.4 Å². The van der Waals surface area contributed by atoms with Crippen LogP contribution < -0.4 is 20.7 Å². The van der Waals surface area contributed by atoms with Gasteiger partial charge in [-0.25, -0.2) is 4.79 Å². The number of nitrogens with one attached hydrogen (secondary N) is 1. The molecule has 5 aromatic rings. The van der Waals surface area contributed by atoms with E-state index in [0.29, 0.717) is 45.6 Å². The third-order valence-electron chi connectivity index (χ3n) is 10.4. The van der Waals surface area contributed by atoms with Crippen LogP contribution in [0.1, 0.15) is 58.1 Å². The minimum Gasteiger partial charge on any atom is -0.497 e. The molecule has 11 nitrogen and oxygen atoms in total. The third-order valence-corrected chi connectivity index (χ3v) is 15.9. The first-order valence-corrected chi connectivity index (χ1v) is 23.6. The van der Waals surface area contributed by atoms with Crippen LogP contribution in [-0.2, 0) is 19.6 Å². The summed E-state index contributed by atoms with van der Waals surface area (Å²) in [5.74, 6) is 2.72. The number of hydrogen-bond acceptors (Lipinski definition) is 11. The van der Waals surface area contributed by atoms with E-state index in [-0.39, 0.29) is 11.7 Å². The molecule has 1 aromatic heterocycles. The van der Waals surface area contributed by atoms with Crippen LogP contribution in [0.2, 0.25) is 5.02 Å². The second-order valence-corrected chi connectivity index (χ2v) is 19.3. The fourth-order valence-electron chi connectivity index (χ4n) is 7.29. The largest absolute Gasteiger partial charge is 0.497 e. The molecular formula is C44H47ClN3O8PS2. The molecule has 0 aliphatic carbocycles. The van der Waals surface area contributed by atoms with Gasteiger partial charge >= 0.3 is 5.69 Å². The van der Waals surface area contributed by atoms with Gasteiger partial charge in [-0.3, -0.25) is 23.8 Å². The second kappa shape index (κ2) is 20.1. The average Bonchev–Trinajstić information content (AvgIpc) is 3.95. The Bertz CT molecular complexity index is 2230. The number of hydrogen-bond donors (Lipinski definition) is 1. The lowest BCUT2D eigenvalue weighted by atomic mass is 9.80. The van der Waals surface area contributed by atoms with Gasteiger partial charge < -0.3 is 23.5 Å². The highest BCUT2D eigenvalue weighted by molar-refractivity contribution is 8.53. The summed E-state index contributed by atoms with van der Waals surface area (Å²) < 4.78 is 36.1. The molecule has 2 fully saturated rings. The Morgan fingerprint density at radius 2 is 1.47 bits per heavy atom. The first-order chi connectivity index (χ1) is 28.7. The number of carbonyl (C=O) groups excluding carboxylic acids is 1. The molecule has 2 aliphatic rings. The number of rotatable bonds is 17. The summed E-state index contributed by atoms with van der Waals surface area (Å²) in [6.07, 6.45) is 2.20. The van der Waals surface area contributed by atoms with Crippen molar-refractivity contribution in [3.8, 4) is 11.5 Å². The number of ether oxygens (including phenoxy) is 4. The van der Waals surface area contributed by atoms with Gasteiger partial charge in [-0.15, -0.1) is 0 Å². The van der Waals surface area contributed by atoms with Crippen molar-refractivity contribution in [1.29, 1.82) is 0 Å². The Morgan fingerprint density at radius 1 is 0.864 bits per heavy atom. The highest BCUT2D eigenvalue weighted by atomic mass is 35.5. The first kappa shape index (κ1) is 43.2. The fourth-order valence-corrected chi connectivity index (χ4v) is 12.7. The van der Waals surface area contributed by atoms with Crippen LogP contribution in [0.15, 0.2) is 119 Å². The van der Waals surface area contributed by atoms with Crippen molar-refractivity contribution in [3.05, 3.63) is 163 Å². The molecule has 0 bridgehead atoms. The normalized spacial score (nSPS) is 18.8. The summed E-state index contributed by atoms with van der Waals surface area (Å²) in [6, 6.07) is 32.7. The molecule has 15 heteroatoms. The van der Waals surface area contributed by atoms with Gasteiger partial charge in [0.05, 0.1) is 26.9 Å². The topological polar surface area (TPSA) is 121 Å². The summed E-state index contributed by atoms with van der Waals surface area (Å²) in [5.41, 5.74) is 1.54. The number of benzene rings is 4. The number of aryl methyl sites for hydroxylation is 1. The molecule has 4 aromatic carbocycles. The van der Waals surface area contributed by atoms with Crippen LogP contribution in [0.4, 0.5) is 0 Å². The summed E-state index contributed by atoms with van der Waals surface area (Å²) >= 11 is 9.03. The van der Waals surface area contributed by atoms with Crippen LogP contribution >= 0.6 is 42.2 Å². The Kier molecular flexibility index (Phi) is 14.7. The lowest BCUT2D eigenvalue weighted by Crippen LogP contribution is -2.38. The molecule has 1 unspecified atom stereocenters. The van der Waals surface area contributed by atoms with E-state index in [2.05, 4.69) is 9.65 Å². The molecule has 0 radical (unpaired) electrons. The van der Waals surface area contributed by atoms with Crippen LogP contribution in [0.3, 0.4) is 0 Å². The van der Waals surface area contributed by atoms with E-state index >= 15 is 0 Å². The number of methoxy groups -OCH3 is 2. The molecule has 0 saturated carbocycles. The number of H-pyrrole nitrogens is 1. The second-order valence-electron chi connectivity index (χ2n) is 14.2. The fraction of sp³-hybridized carbons (Fsp3) is 0.341. The number of aromatic amines is 1. The minimum atomic E-state index is -1.18. The maximum Gasteiger partial charge on any atom is 0.330 e. The molecule has 2 saturated heterocycles. The van der Waals surface area contributed by atoms with Crippen molar-refractivity contribution in [2.75, 3.05) is 45.4 Å². The number of halogens is 1. The maximum atomic E-state index is 13.2. The zero-order chi connectivity index (χ0) is 41.4. The predicted octanol–water partition coefficient (Wildman–Crippen LogP) is 8.83. The van der Waals surface area contributed by atoms with Crippen LogP contribution in [0.5, 0.6) is 11.5 Å². The SMILES string of the molecule is COc1ccc(C(OC[C@H]2O[C@@H](n3cc(C)c(=O)[nH]c3=O)C[C@@H]2OP(SCCSC(=O)c2ccc(Cl)cc2)N2CCCC2)(c2ccccc2)c2ccc(OC)cc2)cc1. The molecule has 0 spiro atoms. The van der Waals surface area contributed by atoms with E-state index in [4.69, 9.17) is 35.1 Å². The van der Waals surface area contributed by atoms with E-state index in [1.54, 1.807) is 63.0 Å². The number of thioether (sulfide) groups is 1. The van der Waals surface area contributed by atoms with Crippen molar-refractivity contribution in [2.24, 2.45) is 0 Å². The summed E-state index contributed by atoms with van der Waals surface area (Å²) in [4.78, 5) is 41.0. The van der Waals surface area contributed by atoms with E-state index in [1.807, 2.05) is 78.9 Å². The standard InChI is InChI=1S/C44H47ClN3O8PS2/c1-30-28-48(43(51)46-41(30)49)40-27-38(56-57(47-23-7-8-24-47)59-26-25-58-42(50)31-11-17-35(45)18-12-31)39(55-40)29-54-44(32-9-5-4-6-10-32,33-13-19-36(52-2)20-14-33)34-15-21-37(53-3)22-16-34/h4-6,9-22,28,38-40H,7-8,23-27,29H2,1-3H3,(H,46,49,51)/t38-,39+,40+,57?/m0/s1. The van der Waals surface area contributed by atoms with Gasteiger partial charge in [0.25, 0.3) is 5.56 Å². The van der Waals surface area contributed by atoms with Crippen molar-refractivity contribution >= 4 is 47.4 Å². The van der Waals surface area contributed by atoms with E-state index in [1.165, 1.54) is 16.3 Å². The van der Waals surface area contributed by atoms with E-state index < -0.39 is 42.8 Å². The Hall–Kier alpha value is -3.91. The van der Waals surface area contributed by atoms with Gasteiger partial charge in [-0.05, 0) is 85.0 Å². The van der Waals surface area contributed by atoms with Crippen LogP contribution in [0, 0.1) is 6.92 Å². The molecule has 7 rings (SSSR count). The van der Waals surface area contributed by atoms with E-state index in [0.717, 1.165) is 42.6 Å². The van der Waals surface area contributed by atoms with Gasteiger partial charge in [-0.1, -0.05) is 89.3 Å². The lowest BCUT2D eigenvalue weighted by Gasteiger charge is -2.37. The van der Waals surface area contributed by atoms with Crippen molar-refractivity contribution in [1.82, 2.24) is 14.2 Å².